The van der Waals surface area contributed by atoms with E-state index in [1.165, 1.54) is 0 Å². The first-order chi connectivity index (χ1) is 10.7. The molecule has 7 heteroatoms. The highest BCUT2D eigenvalue weighted by molar-refractivity contribution is 7.99. The van der Waals surface area contributed by atoms with Crippen LogP contribution in [0, 0.1) is 0 Å². The molecular formula is C15H21N5OS. The zero-order chi connectivity index (χ0) is 15.8. The number of nitrogens with zero attached hydrogens (tertiary/aromatic N) is 5. The average Bonchev–Trinajstić information content (AvgIpc) is 2.99. The highest BCUT2D eigenvalue weighted by atomic mass is 32.2. The highest BCUT2D eigenvalue weighted by Crippen LogP contribution is 2.19. The Morgan fingerprint density at radius 1 is 1.18 bits per heavy atom. The lowest BCUT2D eigenvalue weighted by atomic mass is 10.2. The number of carbonyl (C=O) groups is 1. The van der Waals surface area contributed by atoms with E-state index in [4.69, 9.17) is 0 Å². The van der Waals surface area contributed by atoms with E-state index in [0.29, 0.717) is 6.42 Å². The van der Waals surface area contributed by atoms with Crippen LogP contribution in [0.3, 0.4) is 0 Å². The minimum atomic E-state index is 0.195. The van der Waals surface area contributed by atoms with Crippen LogP contribution in [0.5, 0.6) is 0 Å². The van der Waals surface area contributed by atoms with Gasteiger partial charge in [-0.15, -0.1) is 5.10 Å². The SMILES string of the molecule is CN(C)C(=O)CCCCCSc1nnnn1-c1ccccc1. The van der Waals surface area contributed by atoms with E-state index in [-0.39, 0.29) is 5.91 Å². The summed E-state index contributed by atoms with van der Waals surface area (Å²) >= 11 is 1.65. The summed E-state index contributed by atoms with van der Waals surface area (Å²) in [5.41, 5.74) is 0.964. The van der Waals surface area contributed by atoms with Gasteiger partial charge in [-0.3, -0.25) is 4.79 Å². The molecule has 22 heavy (non-hydrogen) atoms. The monoisotopic (exact) mass is 319 g/mol. The van der Waals surface area contributed by atoms with Crippen LogP contribution in [0.2, 0.25) is 0 Å². The molecule has 0 saturated heterocycles. The Hall–Kier alpha value is -1.89. The van der Waals surface area contributed by atoms with Gasteiger partial charge in [-0.1, -0.05) is 36.4 Å². The van der Waals surface area contributed by atoms with Crippen molar-refractivity contribution >= 4 is 17.7 Å². The number of carbonyl (C=O) groups excluding carboxylic acids is 1. The number of hydrogen-bond acceptors (Lipinski definition) is 5. The van der Waals surface area contributed by atoms with Crippen molar-refractivity contribution in [3.8, 4) is 5.69 Å². The first-order valence-corrected chi connectivity index (χ1v) is 8.34. The Kier molecular flexibility index (Phi) is 6.39. The summed E-state index contributed by atoms with van der Waals surface area (Å²) in [5.74, 6) is 1.14. The normalized spacial score (nSPS) is 10.6. The summed E-state index contributed by atoms with van der Waals surface area (Å²) in [6.45, 7) is 0. The van der Waals surface area contributed by atoms with Gasteiger partial charge in [0.15, 0.2) is 0 Å². The second-order valence-corrected chi connectivity index (χ2v) is 6.22. The van der Waals surface area contributed by atoms with Crippen molar-refractivity contribution < 1.29 is 4.79 Å². The van der Waals surface area contributed by atoms with Crippen LogP contribution in [0.1, 0.15) is 25.7 Å². The van der Waals surface area contributed by atoms with Crippen LogP contribution in [-0.2, 0) is 4.79 Å². The second-order valence-electron chi connectivity index (χ2n) is 5.16. The van der Waals surface area contributed by atoms with Gasteiger partial charge in [0.25, 0.3) is 0 Å². The number of benzene rings is 1. The number of rotatable bonds is 8. The molecule has 1 aromatic heterocycles. The van der Waals surface area contributed by atoms with Gasteiger partial charge in [0.1, 0.15) is 0 Å². The molecule has 0 aliphatic carbocycles. The van der Waals surface area contributed by atoms with Gasteiger partial charge in [-0.25, -0.2) is 0 Å². The lowest BCUT2D eigenvalue weighted by Gasteiger charge is -2.09. The number of hydrogen-bond donors (Lipinski definition) is 0. The molecule has 1 aromatic carbocycles. The summed E-state index contributed by atoms with van der Waals surface area (Å²) in [4.78, 5) is 13.1. The smallest absolute Gasteiger partial charge is 0.222 e. The zero-order valence-corrected chi connectivity index (χ0v) is 13.8. The van der Waals surface area contributed by atoms with Crippen LogP contribution in [0.4, 0.5) is 0 Å². The van der Waals surface area contributed by atoms with Crippen LogP contribution in [0.25, 0.3) is 5.69 Å². The van der Waals surface area contributed by atoms with Gasteiger partial charge in [0, 0.05) is 26.3 Å². The third-order valence-electron chi connectivity index (χ3n) is 3.21. The van der Waals surface area contributed by atoms with Crippen molar-refractivity contribution in [3.63, 3.8) is 0 Å². The van der Waals surface area contributed by atoms with Crippen molar-refractivity contribution in [2.75, 3.05) is 19.8 Å². The lowest BCUT2D eigenvalue weighted by molar-refractivity contribution is -0.128. The maximum Gasteiger partial charge on any atom is 0.222 e. The Morgan fingerprint density at radius 3 is 2.68 bits per heavy atom. The van der Waals surface area contributed by atoms with E-state index >= 15 is 0 Å². The molecule has 0 N–H and O–H groups in total. The standard InChI is InChI=1S/C15H21N5OS/c1-19(2)14(21)11-7-4-8-12-22-15-16-17-18-20(15)13-9-5-3-6-10-13/h3,5-6,9-10H,4,7-8,11-12H2,1-2H3. The summed E-state index contributed by atoms with van der Waals surface area (Å²) in [6, 6.07) is 9.86. The van der Waals surface area contributed by atoms with Crippen LogP contribution in [-0.4, -0.2) is 50.9 Å². The van der Waals surface area contributed by atoms with Gasteiger partial charge >= 0.3 is 0 Å². The molecule has 0 bridgehead atoms. The molecule has 0 aliphatic heterocycles. The summed E-state index contributed by atoms with van der Waals surface area (Å²) < 4.78 is 1.75. The van der Waals surface area contributed by atoms with E-state index in [9.17, 15) is 4.79 Å². The minimum Gasteiger partial charge on any atom is -0.349 e. The molecule has 2 aromatic rings. The van der Waals surface area contributed by atoms with Gasteiger partial charge in [0.05, 0.1) is 5.69 Å². The van der Waals surface area contributed by atoms with Crippen LogP contribution < -0.4 is 0 Å². The minimum absolute atomic E-state index is 0.195. The molecule has 0 aliphatic rings. The maximum atomic E-state index is 11.5. The molecule has 118 valence electrons. The quantitative estimate of drug-likeness (QED) is 0.552. The van der Waals surface area contributed by atoms with E-state index in [2.05, 4.69) is 15.5 Å². The fraction of sp³-hybridized carbons (Fsp3) is 0.467. The molecule has 0 unspecified atom stereocenters. The molecule has 0 fully saturated rings. The fourth-order valence-electron chi connectivity index (χ4n) is 1.94. The third-order valence-corrected chi connectivity index (χ3v) is 4.21. The first kappa shape index (κ1) is 16.5. The number of amides is 1. The van der Waals surface area contributed by atoms with Crippen LogP contribution >= 0.6 is 11.8 Å². The highest BCUT2D eigenvalue weighted by Gasteiger charge is 2.08. The Balaban J connectivity index is 1.72. The van der Waals surface area contributed by atoms with Gasteiger partial charge in [-0.05, 0) is 35.4 Å². The molecule has 1 amide bonds. The fourth-order valence-corrected chi connectivity index (χ4v) is 2.83. The molecular weight excluding hydrogens is 298 g/mol. The van der Waals surface area contributed by atoms with Gasteiger partial charge in [0.2, 0.25) is 11.1 Å². The summed E-state index contributed by atoms with van der Waals surface area (Å²) in [5, 5.41) is 12.6. The molecule has 1 heterocycles. The summed E-state index contributed by atoms with van der Waals surface area (Å²) in [6.07, 6.45) is 3.65. The first-order valence-electron chi connectivity index (χ1n) is 7.35. The van der Waals surface area contributed by atoms with Crippen molar-refractivity contribution in [2.24, 2.45) is 0 Å². The van der Waals surface area contributed by atoms with Crippen molar-refractivity contribution in [1.29, 1.82) is 0 Å². The number of aromatic nitrogens is 4. The molecule has 0 atom stereocenters. The van der Waals surface area contributed by atoms with E-state index in [0.717, 1.165) is 35.9 Å². The van der Waals surface area contributed by atoms with Gasteiger partial charge in [-0.2, -0.15) is 4.68 Å². The van der Waals surface area contributed by atoms with Crippen LogP contribution in [0.15, 0.2) is 35.5 Å². The number of thioether (sulfide) groups is 1. The Morgan fingerprint density at radius 2 is 1.95 bits per heavy atom. The van der Waals surface area contributed by atoms with Gasteiger partial charge < -0.3 is 4.90 Å². The summed E-state index contributed by atoms with van der Waals surface area (Å²) in [7, 11) is 3.59. The molecule has 2 rings (SSSR count). The van der Waals surface area contributed by atoms with Crippen molar-refractivity contribution in [2.45, 2.75) is 30.8 Å². The largest absolute Gasteiger partial charge is 0.349 e. The van der Waals surface area contributed by atoms with Crippen molar-refractivity contribution in [3.05, 3.63) is 30.3 Å². The Labute approximate surface area is 134 Å². The number of unbranched alkanes of at least 4 members (excludes halogenated alkanes) is 2. The molecule has 0 saturated carbocycles. The molecule has 6 nitrogen and oxygen atoms in total. The number of para-hydroxylation sites is 1. The number of tetrazole rings is 1. The zero-order valence-electron chi connectivity index (χ0n) is 13.0. The van der Waals surface area contributed by atoms with E-state index in [1.807, 2.05) is 30.3 Å². The van der Waals surface area contributed by atoms with E-state index < -0.39 is 0 Å². The third kappa shape index (κ3) is 4.84. The molecule has 0 spiro atoms. The van der Waals surface area contributed by atoms with Crippen molar-refractivity contribution in [1.82, 2.24) is 25.1 Å². The molecule has 0 radical (unpaired) electrons. The predicted octanol–water partition coefficient (Wildman–Crippen LogP) is 2.40. The maximum absolute atomic E-state index is 11.5. The second kappa shape index (κ2) is 8.53. The Bertz CT molecular complexity index is 585. The average molecular weight is 319 g/mol. The predicted molar refractivity (Wildman–Crippen MR) is 87.0 cm³/mol. The lowest BCUT2D eigenvalue weighted by Crippen LogP contribution is -2.20. The van der Waals surface area contributed by atoms with E-state index in [1.54, 1.807) is 35.4 Å². The topological polar surface area (TPSA) is 63.9 Å².